The van der Waals surface area contributed by atoms with E-state index in [1.165, 1.54) is 0 Å². The van der Waals surface area contributed by atoms with Crippen molar-refractivity contribution >= 4 is 46.0 Å². The van der Waals surface area contributed by atoms with Crippen molar-refractivity contribution in [1.29, 1.82) is 0 Å². The minimum atomic E-state index is -0.193. The zero-order chi connectivity index (χ0) is 21.4. The summed E-state index contributed by atoms with van der Waals surface area (Å²) in [6, 6.07) is 10.4. The van der Waals surface area contributed by atoms with E-state index in [1.807, 2.05) is 13.0 Å². The minimum Gasteiger partial charge on any atom is -0.497 e. The van der Waals surface area contributed by atoms with Gasteiger partial charge in [-0.1, -0.05) is 29.3 Å². The SMILES string of the molecule is COc1ccc2oc(C(=O)N3CCN(C(=O)c4cccc(Cl)c4Cl)CC3)c(C)c2c1. The first-order valence-corrected chi connectivity index (χ1v) is 10.3. The molecule has 1 aromatic heterocycles. The van der Waals surface area contributed by atoms with Crippen LogP contribution in [0.15, 0.2) is 40.8 Å². The number of benzene rings is 2. The minimum absolute atomic E-state index is 0.185. The molecule has 30 heavy (non-hydrogen) atoms. The van der Waals surface area contributed by atoms with Gasteiger partial charge < -0.3 is 19.0 Å². The number of hydrogen-bond acceptors (Lipinski definition) is 4. The van der Waals surface area contributed by atoms with Gasteiger partial charge >= 0.3 is 0 Å². The average Bonchev–Trinajstić information content (AvgIpc) is 3.10. The number of aryl methyl sites for hydroxylation is 1. The third kappa shape index (κ3) is 3.61. The van der Waals surface area contributed by atoms with Gasteiger partial charge in [0.2, 0.25) is 0 Å². The molecule has 0 unspecified atom stereocenters. The molecule has 0 atom stereocenters. The molecule has 0 bridgehead atoms. The van der Waals surface area contributed by atoms with Crippen LogP contribution in [0.25, 0.3) is 11.0 Å². The lowest BCUT2D eigenvalue weighted by atomic mass is 10.1. The Morgan fingerprint density at radius 2 is 1.67 bits per heavy atom. The van der Waals surface area contributed by atoms with Crippen LogP contribution in [-0.4, -0.2) is 54.9 Å². The van der Waals surface area contributed by atoms with Gasteiger partial charge in [0, 0.05) is 37.1 Å². The van der Waals surface area contributed by atoms with E-state index >= 15 is 0 Å². The van der Waals surface area contributed by atoms with E-state index in [-0.39, 0.29) is 16.8 Å². The van der Waals surface area contributed by atoms with Crippen molar-refractivity contribution < 1.29 is 18.7 Å². The molecule has 1 aliphatic rings. The molecule has 0 spiro atoms. The molecule has 2 amide bonds. The molecule has 4 rings (SSSR count). The fraction of sp³-hybridized carbons (Fsp3) is 0.273. The number of piperazine rings is 1. The topological polar surface area (TPSA) is 63.0 Å². The van der Waals surface area contributed by atoms with Gasteiger partial charge in [0.25, 0.3) is 11.8 Å². The van der Waals surface area contributed by atoms with E-state index in [4.69, 9.17) is 32.4 Å². The monoisotopic (exact) mass is 446 g/mol. The molecule has 156 valence electrons. The van der Waals surface area contributed by atoms with Crippen molar-refractivity contribution in [2.24, 2.45) is 0 Å². The second-order valence-electron chi connectivity index (χ2n) is 7.10. The van der Waals surface area contributed by atoms with Crippen LogP contribution in [0.5, 0.6) is 5.75 Å². The predicted molar refractivity (Wildman–Crippen MR) is 116 cm³/mol. The molecule has 2 heterocycles. The number of nitrogens with zero attached hydrogens (tertiary/aromatic N) is 2. The van der Waals surface area contributed by atoms with Gasteiger partial charge in [-0.25, -0.2) is 0 Å². The smallest absolute Gasteiger partial charge is 0.290 e. The lowest BCUT2D eigenvalue weighted by Gasteiger charge is -2.34. The molecule has 0 aliphatic carbocycles. The maximum Gasteiger partial charge on any atom is 0.290 e. The van der Waals surface area contributed by atoms with Crippen LogP contribution in [0.3, 0.4) is 0 Å². The van der Waals surface area contributed by atoms with Crippen LogP contribution >= 0.6 is 23.2 Å². The lowest BCUT2D eigenvalue weighted by molar-refractivity contribution is 0.0519. The number of rotatable bonds is 3. The van der Waals surface area contributed by atoms with Crippen LogP contribution in [-0.2, 0) is 0 Å². The zero-order valence-electron chi connectivity index (χ0n) is 16.6. The first-order valence-electron chi connectivity index (χ1n) is 9.50. The Kier molecular flexibility index (Phi) is 5.62. The predicted octanol–water partition coefficient (Wildman–Crippen LogP) is 4.65. The molecular formula is C22H20Cl2N2O4. The number of amides is 2. The molecule has 1 aliphatic heterocycles. The first kappa shape index (κ1) is 20.6. The molecule has 1 fully saturated rings. The first-order chi connectivity index (χ1) is 14.4. The Bertz CT molecular complexity index is 1130. The van der Waals surface area contributed by atoms with Gasteiger partial charge in [-0.2, -0.15) is 0 Å². The average molecular weight is 447 g/mol. The zero-order valence-corrected chi connectivity index (χ0v) is 18.1. The van der Waals surface area contributed by atoms with Crippen molar-refractivity contribution in [3.05, 3.63) is 63.3 Å². The third-order valence-corrected chi connectivity index (χ3v) is 6.19. The van der Waals surface area contributed by atoms with Crippen LogP contribution in [0.2, 0.25) is 10.0 Å². The number of fused-ring (bicyclic) bond motifs is 1. The Balaban J connectivity index is 1.48. The van der Waals surface area contributed by atoms with E-state index < -0.39 is 0 Å². The summed E-state index contributed by atoms with van der Waals surface area (Å²) in [6.07, 6.45) is 0. The summed E-state index contributed by atoms with van der Waals surface area (Å²) < 4.78 is 11.1. The van der Waals surface area contributed by atoms with Crippen LogP contribution in [0.1, 0.15) is 26.5 Å². The molecule has 0 saturated carbocycles. The summed E-state index contributed by atoms with van der Waals surface area (Å²) in [5, 5.41) is 1.44. The number of hydrogen-bond donors (Lipinski definition) is 0. The normalized spacial score (nSPS) is 14.3. The molecule has 2 aromatic carbocycles. The molecular weight excluding hydrogens is 427 g/mol. The van der Waals surface area contributed by atoms with E-state index in [1.54, 1.807) is 47.2 Å². The molecule has 0 radical (unpaired) electrons. The summed E-state index contributed by atoms with van der Waals surface area (Å²) in [5.74, 6) is 0.644. The van der Waals surface area contributed by atoms with Gasteiger partial charge in [0.05, 0.1) is 22.7 Å². The Labute approximate surface area is 183 Å². The summed E-state index contributed by atoms with van der Waals surface area (Å²) >= 11 is 12.2. The van der Waals surface area contributed by atoms with E-state index in [0.717, 1.165) is 10.9 Å². The molecule has 8 heteroatoms. The fourth-order valence-electron chi connectivity index (χ4n) is 3.63. The maximum absolute atomic E-state index is 13.0. The summed E-state index contributed by atoms with van der Waals surface area (Å²) in [6.45, 7) is 3.48. The van der Waals surface area contributed by atoms with Crippen molar-refractivity contribution in [2.75, 3.05) is 33.3 Å². The van der Waals surface area contributed by atoms with E-state index in [2.05, 4.69) is 0 Å². The van der Waals surface area contributed by atoms with Crippen molar-refractivity contribution in [3.8, 4) is 5.75 Å². The van der Waals surface area contributed by atoms with Gasteiger partial charge in [0.15, 0.2) is 5.76 Å². The van der Waals surface area contributed by atoms with Gasteiger partial charge in [0.1, 0.15) is 11.3 Å². The van der Waals surface area contributed by atoms with E-state index in [0.29, 0.717) is 53.9 Å². The second kappa shape index (κ2) is 8.20. The highest BCUT2D eigenvalue weighted by Crippen LogP contribution is 2.30. The van der Waals surface area contributed by atoms with Gasteiger partial charge in [-0.05, 0) is 37.3 Å². The van der Waals surface area contributed by atoms with Crippen LogP contribution in [0.4, 0.5) is 0 Å². The van der Waals surface area contributed by atoms with Crippen molar-refractivity contribution in [3.63, 3.8) is 0 Å². The van der Waals surface area contributed by atoms with Gasteiger partial charge in [-0.3, -0.25) is 9.59 Å². The quantitative estimate of drug-likeness (QED) is 0.586. The molecule has 1 saturated heterocycles. The molecule has 3 aromatic rings. The third-order valence-electron chi connectivity index (χ3n) is 5.37. The highest BCUT2D eigenvalue weighted by Gasteiger charge is 2.29. The number of methoxy groups -OCH3 is 1. The number of carbonyl (C=O) groups excluding carboxylic acids is 2. The maximum atomic E-state index is 13.0. The lowest BCUT2D eigenvalue weighted by Crippen LogP contribution is -2.50. The Hall–Kier alpha value is -2.70. The Morgan fingerprint density at radius 1 is 1.00 bits per heavy atom. The summed E-state index contributed by atoms with van der Waals surface area (Å²) in [5.41, 5.74) is 1.78. The van der Waals surface area contributed by atoms with E-state index in [9.17, 15) is 9.59 Å². The number of halogens is 2. The number of ether oxygens (including phenoxy) is 1. The number of carbonyl (C=O) groups is 2. The Morgan fingerprint density at radius 3 is 2.33 bits per heavy atom. The fourth-order valence-corrected chi connectivity index (χ4v) is 4.01. The molecule has 6 nitrogen and oxygen atoms in total. The summed E-state index contributed by atoms with van der Waals surface area (Å²) in [7, 11) is 1.60. The summed E-state index contributed by atoms with van der Waals surface area (Å²) in [4.78, 5) is 29.2. The highest BCUT2D eigenvalue weighted by molar-refractivity contribution is 6.43. The van der Waals surface area contributed by atoms with Gasteiger partial charge in [-0.15, -0.1) is 0 Å². The van der Waals surface area contributed by atoms with Crippen molar-refractivity contribution in [2.45, 2.75) is 6.92 Å². The van der Waals surface area contributed by atoms with Crippen molar-refractivity contribution in [1.82, 2.24) is 9.80 Å². The highest BCUT2D eigenvalue weighted by atomic mass is 35.5. The standard InChI is InChI=1S/C22H20Cl2N2O4/c1-13-16-12-14(29-2)6-7-18(16)30-20(13)22(28)26-10-8-25(9-11-26)21(27)15-4-3-5-17(23)19(15)24/h3-7,12H,8-11H2,1-2H3. The largest absolute Gasteiger partial charge is 0.497 e. The number of furan rings is 1. The molecule has 0 N–H and O–H groups in total. The van der Waals surface area contributed by atoms with Crippen LogP contribution < -0.4 is 4.74 Å². The second-order valence-corrected chi connectivity index (χ2v) is 7.89. The van der Waals surface area contributed by atoms with Crippen LogP contribution in [0, 0.1) is 6.92 Å².